The number of halogens is 1. The summed E-state index contributed by atoms with van der Waals surface area (Å²) in [4.78, 5) is 24.5. The van der Waals surface area contributed by atoms with Crippen LogP contribution in [0, 0.1) is 5.82 Å². The van der Waals surface area contributed by atoms with Crippen LogP contribution in [0.3, 0.4) is 0 Å². The molecule has 1 unspecified atom stereocenters. The van der Waals surface area contributed by atoms with Crippen molar-refractivity contribution in [1.82, 2.24) is 4.90 Å². The third kappa shape index (κ3) is 2.20. The molecule has 1 aliphatic rings. The first-order valence-corrected chi connectivity index (χ1v) is 6.15. The summed E-state index contributed by atoms with van der Waals surface area (Å²) in [5.74, 6) is -1.81. The van der Waals surface area contributed by atoms with E-state index in [2.05, 4.69) is 0 Å². The van der Waals surface area contributed by atoms with Crippen molar-refractivity contribution in [3.05, 3.63) is 35.6 Å². The Morgan fingerprint density at radius 2 is 1.95 bits per heavy atom. The van der Waals surface area contributed by atoms with Gasteiger partial charge in [0.15, 0.2) is 0 Å². The minimum absolute atomic E-state index is 0.326. The lowest BCUT2D eigenvalue weighted by Gasteiger charge is -2.27. The van der Waals surface area contributed by atoms with Gasteiger partial charge in [0.05, 0.1) is 5.41 Å². The van der Waals surface area contributed by atoms with E-state index in [1.807, 2.05) is 0 Å². The van der Waals surface area contributed by atoms with Crippen LogP contribution in [0.1, 0.15) is 25.3 Å². The van der Waals surface area contributed by atoms with Crippen molar-refractivity contribution < 1.29 is 19.1 Å². The third-order valence-electron chi connectivity index (χ3n) is 3.81. The van der Waals surface area contributed by atoms with Gasteiger partial charge in [0.2, 0.25) is 5.91 Å². The molecule has 1 N–H and O–H groups in total. The van der Waals surface area contributed by atoms with Crippen molar-refractivity contribution >= 4 is 11.9 Å². The van der Waals surface area contributed by atoms with Gasteiger partial charge in [-0.15, -0.1) is 0 Å². The van der Waals surface area contributed by atoms with E-state index in [-0.39, 0.29) is 5.91 Å². The fraction of sp³-hybridized carbons (Fsp3) is 0.429. The lowest BCUT2D eigenvalue weighted by Crippen LogP contribution is -2.45. The molecule has 0 aliphatic heterocycles. The molecule has 1 aromatic rings. The summed E-state index contributed by atoms with van der Waals surface area (Å²) in [7, 11) is 1.45. The van der Waals surface area contributed by atoms with E-state index in [9.17, 15) is 14.0 Å². The maximum atomic E-state index is 13.8. The van der Waals surface area contributed by atoms with Crippen molar-refractivity contribution in [2.24, 2.45) is 0 Å². The second-order valence-corrected chi connectivity index (χ2v) is 4.99. The minimum atomic E-state index is -1.07. The van der Waals surface area contributed by atoms with E-state index >= 15 is 0 Å². The van der Waals surface area contributed by atoms with Crippen LogP contribution in [0.5, 0.6) is 0 Å². The van der Waals surface area contributed by atoms with Crippen molar-refractivity contribution in [1.29, 1.82) is 0 Å². The van der Waals surface area contributed by atoms with E-state index in [0.29, 0.717) is 18.4 Å². The fourth-order valence-corrected chi connectivity index (χ4v) is 2.25. The topological polar surface area (TPSA) is 57.6 Å². The first-order valence-electron chi connectivity index (χ1n) is 6.15. The van der Waals surface area contributed by atoms with Gasteiger partial charge >= 0.3 is 5.97 Å². The third-order valence-corrected chi connectivity index (χ3v) is 3.81. The Kier molecular flexibility index (Phi) is 3.30. The Labute approximate surface area is 110 Å². The number of carboxylic acid groups (broad SMARTS) is 1. The molecule has 0 saturated heterocycles. The molecule has 1 amide bonds. The second-order valence-electron chi connectivity index (χ2n) is 4.99. The summed E-state index contributed by atoms with van der Waals surface area (Å²) >= 11 is 0. The number of benzene rings is 1. The minimum Gasteiger partial charge on any atom is -0.480 e. The Hall–Kier alpha value is -1.91. The molecule has 102 valence electrons. The van der Waals surface area contributed by atoms with Crippen molar-refractivity contribution in [3.63, 3.8) is 0 Å². The Balaban J connectivity index is 2.29. The molecule has 5 heteroatoms. The number of carboxylic acids is 1. The predicted octanol–water partition coefficient (Wildman–Crippen LogP) is 1.79. The Bertz CT molecular complexity index is 525. The van der Waals surface area contributed by atoms with Gasteiger partial charge in [-0.3, -0.25) is 4.79 Å². The number of amides is 1. The van der Waals surface area contributed by atoms with Gasteiger partial charge in [-0.25, -0.2) is 9.18 Å². The van der Waals surface area contributed by atoms with Crippen LogP contribution in [0.25, 0.3) is 0 Å². The highest BCUT2D eigenvalue weighted by molar-refractivity contribution is 5.93. The predicted molar refractivity (Wildman–Crippen MR) is 67.2 cm³/mol. The average Bonchev–Trinajstić information content (AvgIpc) is 3.18. The molecule has 0 aromatic heterocycles. The molecule has 0 spiro atoms. The zero-order valence-corrected chi connectivity index (χ0v) is 10.9. The first-order chi connectivity index (χ1) is 8.90. The van der Waals surface area contributed by atoms with E-state index in [1.165, 1.54) is 24.9 Å². The van der Waals surface area contributed by atoms with Gasteiger partial charge in [-0.1, -0.05) is 18.2 Å². The molecule has 1 fully saturated rings. The molecule has 1 atom stereocenters. The van der Waals surface area contributed by atoms with Gasteiger partial charge in [-0.2, -0.15) is 0 Å². The number of carbonyl (C=O) groups excluding carboxylic acids is 1. The normalized spacial score (nSPS) is 17.6. The van der Waals surface area contributed by atoms with Crippen molar-refractivity contribution in [2.75, 3.05) is 7.05 Å². The molecular formula is C14H16FNO3. The quantitative estimate of drug-likeness (QED) is 0.903. The number of likely N-dealkylation sites (N-methyl/N-ethyl adjacent to an activating group) is 1. The second kappa shape index (κ2) is 4.64. The Morgan fingerprint density at radius 3 is 2.42 bits per heavy atom. The number of rotatable bonds is 4. The fourth-order valence-electron chi connectivity index (χ4n) is 2.25. The molecular weight excluding hydrogens is 249 g/mol. The van der Waals surface area contributed by atoms with Gasteiger partial charge in [0.1, 0.15) is 11.9 Å². The zero-order chi connectivity index (χ0) is 14.2. The van der Waals surface area contributed by atoms with Crippen LogP contribution in [0.4, 0.5) is 4.39 Å². The number of nitrogens with zero attached hydrogens (tertiary/aromatic N) is 1. The van der Waals surface area contributed by atoms with Gasteiger partial charge < -0.3 is 10.0 Å². The van der Waals surface area contributed by atoms with Gasteiger partial charge in [-0.05, 0) is 25.8 Å². The van der Waals surface area contributed by atoms with Crippen molar-refractivity contribution in [3.8, 4) is 0 Å². The van der Waals surface area contributed by atoms with Crippen molar-refractivity contribution in [2.45, 2.75) is 31.2 Å². The lowest BCUT2D eigenvalue weighted by molar-refractivity contribution is -0.149. The smallest absolute Gasteiger partial charge is 0.326 e. The van der Waals surface area contributed by atoms with Gasteiger partial charge in [0, 0.05) is 12.6 Å². The summed E-state index contributed by atoms with van der Waals surface area (Å²) in [5.41, 5.74) is -0.506. The molecule has 1 saturated carbocycles. The number of hydrogen-bond donors (Lipinski definition) is 1. The molecule has 2 rings (SSSR count). The molecule has 4 nitrogen and oxygen atoms in total. The maximum Gasteiger partial charge on any atom is 0.326 e. The summed E-state index contributed by atoms with van der Waals surface area (Å²) in [6, 6.07) is 5.26. The van der Waals surface area contributed by atoms with Crippen LogP contribution >= 0.6 is 0 Å². The van der Waals surface area contributed by atoms with Crippen LogP contribution in [-0.2, 0) is 15.0 Å². The first kappa shape index (κ1) is 13.5. The SMILES string of the molecule is CC(C(=O)O)N(C)C(=O)C1(c2ccccc2F)CC1. The largest absolute Gasteiger partial charge is 0.480 e. The maximum absolute atomic E-state index is 13.8. The molecule has 19 heavy (non-hydrogen) atoms. The van der Waals surface area contributed by atoms with Gasteiger partial charge in [0.25, 0.3) is 0 Å². The lowest BCUT2D eigenvalue weighted by atomic mass is 9.93. The molecule has 0 bridgehead atoms. The standard InChI is InChI=1S/C14H16FNO3/c1-9(12(17)18)16(2)13(19)14(7-8-14)10-5-3-4-6-11(10)15/h3-6,9H,7-8H2,1-2H3,(H,17,18). The highest BCUT2D eigenvalue weighted by atomic mass is 19.1. The molecule has 1 aromatic carbocycles. The van der Waals surface area contributed by atoms with E-state index in [0.717, 1.165) is 0 Å². The van der Waals surface area contributed by atoms with E-state index in [1.54, 1.807) is 18.2 Å². The monoisotopic (exact) mass is 265 g/mol. The summed E-state index contributed by atoms with van der Waals surface area (Å²) in [6.45, 7) is 1.44. The van der Waals surface area contributed by atoms with Crippen LogP contribution < -0.4 is 0 Å². The summed E-state index contributed by atoms with van der Waals surface area (Å²) < 4.78 is 13.8. The number of carbonyl (C=O) groups is 2. The number of aliphatic carboxylic acids is 1. The zero-order valence-electron chi connectivity index (χ0n) is 10.9. The van der Waals surface area contributed by atoms with Crippen LogP contribution in [0.15, 0.2) is 24.3 Å². The number of hydrogen-bond acceptors (Lipinski definition) is 2. The average molecular weight is 265 g/mol. The molecule has 0 heterocycles. The molecule has 1 aliphatic carbocycles. The van der Waals surface area contributed by atoms with E-state index in [4.69, 9.17) is 5.11 Å². The Morgan fingerprint density at radius 1 is 1.37 bits per heavy atom. The highest BCUT2D eigenvalue weighted by Crippen LogP contribution is 2.50. The molecule has 0 radical (unpaired) electrons. The van der Waals surface area contributed by atoms with Crippen LogP contribution in [-0.4, -0.2) is 35.0 Å². The van der Waals surface area contributed by atoms with E-state index < -0.39 is 23.2 Å². The van der Waals surface area contributed by atoms with Crippen LogP contribution in [0.2, 0.25) is 0 Å². The highest BCUT2D eigenvalue weighted by Gasteiger charge is 2.54. The summed E-state index contributed by atoms with van der Waals surface area (Å²) in [5, 5.41) is 8.94. The summed E-state index contributed by atoms with van der Waals surface area (Å²) in [6.07, 6.45) is 1.12.